The standard InChI is InChI=1S/C15H23ClN2.ClH/c1-2-18(12-14-4-3-9-17-10-14)11-13-5-7-15(16)8-6-13;/h5-8,14,17H,2-4,9-12H2,1H3;1H. The lowest BCUT2D eigenvalue weighted by Crippen LogP contribution is -2.38. The van der Waals surface area contributed by atoms with Gasteiger partial charge >= 0.3 is 0 Å². The summed E-state index contributed by atoms with van der Waals surface area (Å²) in [5.41, 5.74) is 1.35. The SMILES string of the molecule is CCN(Cc1ccc(Cl)cc1)CC1CCCNC1.Cl. The number of hydrogen-bond donors (Lipinski definition) is 1. The monoisotopic (exact) mass is 302 g/mol. The molecular weight excluding hydrogens is 279 g/mol. The number of hydrogen-bond acceptors (Lipinski definition) is 2. The fraction of sp³-hybridized carbons (Fsp3) is 0.600. The second-order valence-corrected chi connectivity index (χ2v) is 5.60. The van der Waals surface area contributed by atoms with Gasteiger partial charge in [-0.3, -0.25) is 4.90 Å². The van der Waals surface area contributed by atoms with Crippen LogP contribution in [0.15, 0.2) is 24.3 Å². The molecule has 1 heterocycles. The second kappa shape index (κ2) is 8.80. The van der Waals surface area contributed by atoms with E-state index in [1.54, 1.807) is 0 Å². The van der Waals surface area contributed by atoms with Crippen molar-refractivity contribution in [1.82, 2.24) is 10.2 Å². The van der Waals surface area contributed by atoms with Crippen LogP contribution in [0.2, 0.25) is 5.02 Å². The Bertz CT molecular complexity index is 348. The summed E-state index contributed by atoms with van der Waals surface area (Å²) in [6.07, 6.45) is 2.69. The number of nitrogens with zero attached hydrogens (tertiary/aromatic N) is 1. The highest BCUT2D eigenvalue weighted by atomic mass is 35.5. The van der Waals surface area contributed by atoms with E-state index in [2.05, 4.69) is 29.3 Å². The van der Waals surface area contributed by atoms with Gasteiger partial charge in [0.2, 0.25) is 0 Å². The predicted octanol–water partition coefficient (Wildman–Crippen LogP) is 3.58. The van der Waals surface area contributed by atoms with E-state index in [-0.39, 0.29) is 12.4 Å². The van der Waals surface area contributed by atoms with Crippen LogP contribution in [-0.4, -0.2) is 31.1 Å². The van der Waals surface area contributed by atoms with Gasteiger partial charge in [-0.1, -0.05) is 30.7 Å². The smallest absolute Gasteiger partial charge is 0.0406 e. The number of piperidine rings is 1. The van der Waals surface area contributed by atoms with Gasteiger partial charge in [-0.15, -0.1) is 12.4 Å². The van der Waals surface area contributed by atoms with Crippen LogP contribution in [0.3, 0.4) is 0 Å². The van der Waals surface area contributed by atoms with E-state index in [1.165, 1.54) is 38.0 Å². The Balaban J connectivity index is 0.00000180. The normalized spacial score (nSPS) is 19.2. The molecule has 1 aromatic rings. The van der Waals surface area contributed by atoms with Crippen LogP contribution in [0.1, 0.15) is 25.3 Å². The molecule has 1 saturated heterocycles. The maximum absolute atomic E-state index is 5.92. The molecule has 0 amide bonds. The maximum Gasteiger partial charge on any atom is 0.0406 e. The predicted molar refractivity (Wildman–Crippen MR) is 85.2 cm³/mol. The van der Waals surface area contributed by atoms with Gasteiger partial charge in [0, 0.05) is 18.1 Å². The molecule has 2 nitrogen and oxygen atoms in total. The Labute approximate surface area is 127 Å². The van der Waals surface area contributed by atoms with Gasteiger partial charge < -0.3 is 5.32 Å². The minimum atomic E-state index is 0. The van der Waals surface area contributed by atoms with E-state index >= 15 is 0 Å². The second-order valence-electron chi connectivity index (χ2n) is 5.17. The summed E-state index contributed by atoms with van der Waals surface area (Å²) >= 11 is 5.92. The molecule has 19 heavy (non-hydrogen) atoms. The average molecular weight is 303 g/mol. The highest BCUT2D eigenvalue weighted by Crippen LogP contribution is 2.15. The van der Waals surface area contributed by atoms with Gasteiger partial charge in [-0.25, -0.2) is 0 Å². The Morgan fingerprint density at radius 1 is 1.32 bits per heavy atom. The number of benzene rings is 1. The van der Waals surface area contributed by atoms with Crippen LogP contribution in [0.25, 0.3) is 0 Å². The van der Waals surface area contributed by atoms with E-state index in [1.807, 2.05) is 12.1 Å². The molecule has 0 spiro atoms. The van der Waals surface area contributed by atoms with Crippen LogP contribution < -0.4 is 5.32 Å². The molecule has 1 aromatic carbocycles. The van der Waals surface area contributed by atoms with Crippen molar-refractivity contribution in [3.63, 3.8) is 0 Å². The van der Waals surface area contributed by atoms with Crippen LogP contribution in [-0.2, 0) is 6.54 Å². The van der Waals surface area contributed by atoms with Crippen molar-refractivity contribution >= 4 is 24.0 Å². The van der Waals surface area contributed by atoms with Crippen molar-refractivity contribution in [3.05, 3.63) is 34.9 Å². The zero-order chi connectivity index (χ0) is 12.8. The van der Waals surface area contributed by atoms with Crippen molar-refractivity contribution in [3.8, 4) is 0 Å². The fourth-order valence-electron chi connectivity index (χ4n) is 2.60. The summed E-state index contributed by atoms with van der Waals surface area (Å²) in [5.74, 6) is 0.811. The van der Waals surface area contributed by atoms with Crippen molar-refractivity contribution in [2.75, 3.05) is 26.2 Å². The number of rotatable bonds is 5. The summed E-state index contributed by atoms with van der Waals surface area (Å²) in [5, 5.41) is 4.31. The summed E-state index contributed by atoms with van der Waals surface area (Å²) < 4.78 is 0. The molecule has 0 saturated carbocycles. The lowest BCUT2D eigenvalue weighted by Gasteiger charge is -2.29. The van der Waals surface area contributed by atoms with Crippen LogP contribution in [0.5, 0.6) is 0 Å². The molecule has 0 bridgehead atoms. The van der Waals surface area contributed by atoms with Crippen molar-refractivity contribution in [2.45, 2.75) is 26.3 Å². The summed E-state index contributed by atoms with van der Waals surface area (Å²) in [6, 6.07) is 8.22. The average Bonchev–Trinajstić information content (AvgIpc) is 2.41. The van der Waals surface area contributed by atoms with Crippen molar-refractivity contribution in [2.24, 2.45) is 5.92 Å². The zero-order valence-electron chi connectivity index (χ0n) is 11.6. The maximum atomic E-state index is 5.92. The first kappa shape index (κ1) is 16.8. The van der Waals surface area contributed by atoms with E-state index in [0.29, 0.717) is 0 Å². The zero-order valence-corrected chi connectivity index (χ0v) is 13.1. The fourth-order valence-corrected chi connectivity index (χ4v) is 2.72. The van der Waals surface area contributed by atoms with Gasteiger partial charge in [0.25, 0.3) is 0 Å². The molecule has 0 radical (unpaired) electrons. The minimum Gasteiger partial charge on any atom is -0.316 e. The highest BCUT2D eigenvalue weighted by molar-refractivity contribution is 6.30. The minimum absolute atomic E-state index is 0. The van der Waals surface area contributed by atoms with Crippen molar-refractivity contribution < 1.29 is 0 Å². The summed E-state index contributed by atoms with van der Waals surface area (Å²) in [4.78, 5) is 2.53. The van der Waals surface area contributed by atoms with E-state index in [4.69, 9.17) is 11.6 Å². The van der Waals surface area contributed by atoms with E-state index in [9.17, 15) is 0 Å². The van der Waals surface area contributed by atoms with E-state index < -0.39 is 0 Å². The lowest BCUT2D eigenvalue weighted by atomic mass is 9.99. The lowest BCUT2D eigenvalue weighted by molar-refractivity contribution is 0.209. The Morgan fingerprint density at radius 3 is 2.63 bits per heavy atom. The number of nitrogens with one attached hydrogen (secondary N) is 1. The Hall–Kier alpha value is -0.280. The Morgan fingerprint density at radius 2 is 2.05 bits per heavy atom. The largest absolute Gasteiger partial charge is 0.316 e. The van der Waals surface area contributed by atoms with Gasteiger partial charge in [-0.05, 0) is 56.1 Å². The quantitative estimate of drug-likeness (QED) is 0.894. The first-order chi connectivity index (χ1) is 8.78. The third-order valence-corrected chi connectivity index (χ3v) is 3.93. The molecular formula is C15H24Cl2N2. The summed E-state index contributed by atoms with van der Waals surface area (Å²) in [6.45, 7) is 7.96. The van der Waals surface area contributed by atoms with Crippen LogP contribution in [0.4, 0.5) is 0 Å². The van der Waals surface area contributed by atoms with E-state index in [0.717, 1.165) is 24.0 Å². The molecule has 4 heteroatoms. The van der Waals surface area contributed by atoms with Gasteiger partial charge in [0.15, 0.2) is 0 Å². The molecule has 1 aliphatic rings. The summed E-state index contributed by atoms with van der Waals surface area (Å²) in [7, 11) is 0. The third-order valence-electron chi connectivity index (χ3n) is 3.68. The molecule has 1 aliphatic heterocycles. The Kier molecular flexibility index (Phi) is 7.77. The number of halogens is 2. The van der Waals surface area contributed by atoms with Gasteiger partial charge in [0.05, 0.1) is 0 Å². The van der Waals surface area contributed by atoms with Crippen LogP contribution >= 0.6 is 24.0 Å². The van der Waals surface area contributed by atoms with Crippen LogP contribution in [0, 0.1) is 5.92 Å². The third kappa shape index (κ3) is 5.70. The van der Waals surface area contributed by atoms with Crippen molar-refractivity contribution in [1.29, 1.82) is 0 Å². The van der Waals surface area contributed by atoms with Gasteiger partial charge in [-0.2, -0.15) is 0 Å². The molecule has 0 aromatic heterocycles. The molecule has 108 valence electrons. The first-order valence-corrected chi connectivity index (χ1v) is 7.33. The molecule has 2 rings (SSSR count). The molecule has 1 fully saturated rings. The highest BCUT2D eigenvalue weighted by Gasteiger charge is 2.16. The first-order valence-electron chi connectivity index (χ1n) is 6.95. The topological polar surface area (TPSA) is 15.3 Å². The molecule has 1 N–H and O–H groups in total. The molecule has 1 atom stereocenters. The molecule has 0 aliphatic carbocycles. The van der Waals surface area contributed by atoms with Gasteiger partial charge in [0.1, 0.15) is 0 Å². The molecule has 1 unspecified atom stereocenters.